The van der Waals surface area contributed by atoms with Gasteiger partial charge >= 0.3 is 6.18 Å². The third-order valence-corrected chi connectivity index (χ3v) is 2.46. The van der Waals surface area contributed by atoms with Crippen molar-refractivity contribution in [2.75, 3.05) is 7.11 Å². The Bertz CT molecular complexity index is 517. The Labute approximate surface area is 102 Å². The van der Waals surface area contributed by atoms with E-state index in [0.29, 0.717) is 12.3 Å². The van der Waals surface area contributed by atoms with Crippen molar-refractivity contribution in [3.8, 4) is 5.75 Å². The molecule has 0 aliphatic carbocycles. The average molecular weight is 256 g/mol. The average Bonchev–Trinajstić information content (AvgIpc) is 2.78. The highest BCUT2D eigenvalue weighted by Crippen LogP contribution is 2.28. The molecule has 2 rings (SSSR count). The second-order valence-corrected chi connectivity index (χ2v) is 3.77. The van der Waals surface area contributed by atoms with Crippen molar-refractivity contribution < 1.29 is 17.9 Å². The van der Waals surface area contributed by atoms with E-state index in [0.717, 1.165) is 18.0 Å². The Morgan fingerprint density at radius 3 is 2.39 bits per heavy atom. The van der Waals surface area contributed by atoms with E-state index < -0.39 is 11.7 Å². The number of halogens is 3. The fraction of sp³-hybridized carbons (Fsp3) is 0.250. The lowest BCUT2D eigenvalue weighted by atomic mass is 10.2. The van der Waals surface area contributed by atoms with Gasteiger partial charge in [-0.2, -0.15) is 18.3 Å². The van der Waals surface area contributed by atoms with Gasteiger partial charge < -0.3 is 4.74 Å². The first-order valence-electron chi connectivity index (χ1n) is 5.21. The van der Waals surface area contributed by atoms with E-state index in [-0.39, 0.29) is 0 Å². The molecule has 0 spiro atoms. The highest BCUT2D eigenvalue weighted by atomic mass is 19.4. The Kier molecular flexibility index (Phi) is 3.27. The van der Waals surface area contributed by atoms with Gasteiger partial charge in [-0.25, -0.2) is 0 Å². The van der Waals surface area contributed by atoms with Gasteiger partial charge in [0.25, 0.3) is 0 Å². The van der Waals surface area contributed by atoms with Gasteiger partial charge in [0, 0.05) is 6.20 Å². The monoisotopic (exact) mass is 256 g/mol. The summed E-state index contributed by atoms with van der Waals surface area (Å²) in [5.74, 6) is 0.704. The maximum absolute atomic E-state index is 12.4. The summed E-state index contributed by atoms with van der Waals surface area (Å²) < 4.78 is 43.4. The number of ether oxygens (including phenoxy) is 1. The van der Waals surface area contributed by atoms with Gasteiger partial charge in [0.15, 0.2) is 0 Å². The van der Waals surface area contributed by atoms with Gasteiger partial charge in [-0.3, -0.25) is 4.68 Å². The van der Waals surface area contributed by atoms with Crippen molar-refractivity contribution in [3.05, 3.63) is 47.8 Å². The predicted octanol–water partition coefficient (Wildman–Crippen LogP) is 2.96. The summed E-state index contributed by atoms with van der Waals surface area (Å²) >= 11 is 0. The van der Waals surface area contributed by atoms with Gasteiger partial charge in [0.2, 0.25) is 0 Å². The van der Waals surface area contributed by atoms with Crippen LogP contribution in [0.25, 0.3) is 0 Å². The van der Waals surface area contributed by atoms with E-state index in [1.165, 1.54) is 4.68 Å². The van der Waals surface area contributed by atoms with Crippen molar-refractivity contribution in [3.63, 3.8) is 0 Å². The Morgan fingerprint density at radius 2 is 1.89 bits per heavy atom. The van der Waals surface area contributed by atoms with Crippen LogP contribution in [0, 0.1) is 0 Å². The maximum atomic E-state index is 12.4. The number of methoxy groups -OCH3 is 1. The molecule has 2 aromatic rings. The molecule has 6 heteroatoms. The lowest BCUT2D eigenvalue weighted by Gasteiger charge is -2.04. The molecule has 0 amide bonds. The van der Waals surface area contributed by atoms with E-state index in [4.69, 9.17) is 4.74 Å². The fourth-order valence-electron chi connectivity index (χ4n) is 1.51. The lowest BCUT2D eigenvalue weighted by molar-refractivity contribution is -0.137. The number of hydrogen-bond acceptors (Lipinski definition) is 2. The molecule has 3 nitrogen and oxygen atoms in total. The zero-order valence-electron chi connectivity index (χ0n) is 9.61. The van der Waals surface area contributed by atoms with Gasteiger partial charge in [0.05, 0.1) is 25.4 Å². The summed E-state index contributed by atoms with van der Waals surface area (Å²) in [4.78, 5) is 0. The fourth-order valence-corrected chi connectivity index (χ4v) is 1.51. The number of aromatic nitrogens is 2. The normalized spacial score (nSPS) is 11.6. The second kappa shape index (κ2) is 4.72. The van der Waals surface area contributed by atoms with Gasteiger partial charge in [-0.15, -0.1) is 0 Å². The molecule has 96 valence electrons. The number of hydrogen-bond donors (Lipinski definition) is 0. The number of alkyl halides is 3. The number of nitrogens with zero attached hydrogens (tertiary/aromatic N) is 2. The van der Waals surface area contributed by atoms with Crippen LogP contribution in [-0.2, 0) is 12.7 Å². The van der Waals surface area contributed by atoms with E-state index in [9.17, 15) is 13.2 Å². The first kappa shape index (κ1) is 12.5. The second-order valence-electron chi connectivity index (χ2n) is 3.77. The minimum Gasteiger partial charge on any atom is -0.497 e. The summed E-state index contributed by atoms with van der Waals surface area (Å²) in [6, 6.07) is 7.08. The summed E-state index contributed by atoms with van der Waals surface area (Å²) in [6.45, 7) is 0.292. The molecule has 0 saturated heterocycles. The number of rotatable bonds is 3. The minimum absolute atomic E-state index is 0.292. The number of benzene rings is 1. The van der Waals surface area contributed by atoms with Crippen molar-refractivity contribution in [1.29, 1.82) is 0 Å². The maximum Gasteiger partial charge on any atom is 0.419 e. The van der Waals surface area contributed by atoms with Crippen molar-refractivity contribution in [1.82, 2.24) is 9.78 Å². The Hall–Kier alpha value is -1.98. The van der Waals surface area contributed by atoms with Crippen molar-refractivity contribution in [2.45, 2.75) is 12.7 Å². The first-order valence-corrected chi connectivity index (χ1v) is 5.21. The van der Waals surface area contributed by atoms with Gasteiger partial charge in [0.1, 0.15) is 5.75 Å². The Balaban J connectivity index is 2.11. The van der Waals surface area contributed by atoms with Crippen LogP contribution in [0.5, 0.6) is 5.75 Å². The van der Waals surface area contributed by atoms with Crippen LogP contribution in [0.3, 0.4) is 0 Å². The first-order chi connectivity index (χ1) is 8.49. The topological polar surface area (TPSA) is 27.1 Å². The van der Waals surface area contributed by atoms with Crippen LogP contribution in [-0.4, -0.2) is 16.9 Å². The molecule has 1 aromatic heterocycles. The highest BCUT2D eigenvalue weighted by Gasteiger charge is 2.32. The van der Waals surface area contributed by atoms with Crippen LogP contribution in [0.4, 0.5) is 13.2 Å². The molecule has 0 radical (unpaired) electrons. The molecule has 0 aliphatic rings. The summed E-state index contributed by atoms with van der Waals surface area (Å²) in [6.07, 6.45) is -2.54. The predicted molar refractivity (Wildman–Crippen MR) is 59.3 cm³/mol. The molecular formula is C12H11F3N2O. The van der Waals surface area contributed by atoms with Crippen LogP contribution >= 0.6 is 0 Å². The smallest absolute Gasteiger partial charge is 0.419 e. The molecular weight excluding hydrogens is 245 g/mol. The van der Waals surface area contributed by atoms with Gasteiger partial charge in [-0.1, -0.05) is 12.1 Å². The van der Waals surface area contributed by atoms with Crippen LogP contribution in [0.1, 0.15) is 11.1 Å². The van der Waals surface area contributed by atoms with Gasteiger partial charge in [-0.05, 0) is 17.7 Å². The standard InChI is InChI=1S/C12H11F3N2O/c1-18-11-4-2-9(3-5-11)7-17-8-10(6-16-17)12(13,14)15/h2-6,8H,7H2,1H3. The molecule has 0 aliphatic heterocycles. The highest BCUT2D eigenvalue weighted by molar-refractivity contribution is 5.27. The zero-order chi connectivity index (χ0) is 13.2. The zero-order valence-corrected chi connectivity index (χ0v) is 9.61. The van der Waals surface area contributed by atoms with E-state index >= 15 is 0 Å². The Morgan fingerprint density at radius 1 is 1.22 bits per heavy atom. The summed E-state index contributed by atoms with van der Waals surface area (Å²) in [5.41, 5.74) is 0.114. The SMILES string of the molecule is COc1ccc(Cn2cc(C(F)(F)F)cn2)cc1. The molecule has 0 saturated carbocycles. The molecule has 1 heterocycles. The minimum atomic E-state index is -4.35. The third kappa shape index (κ3) is 2.82. The lowest BCUT2D eigenvalue weighted by Crippen LogP contribution is -2.04. The molecule has 18 heavy (non-hydrogen) atoms. The molecule has 0 N–H and O–H groups in total. The van der Waals surface area contributed by atoms with E-state index in [1.807, 2.05) is 0 Å². The summed E-state index contributed by atoms with van der Waals surface area (Å²) in [7, 11) is 1.55. The molecule has 0 fully saturated rings. The van der Waals surface area contributed by atoms with Crippen molar-refractivity contribution >= 4 is 0 Å². The van der Waals surface area contributed by atoms with Crippen LogP contribution in [0.15, 0.2) is 36.7 Å². The largest absolute Gasteiger partial charge is 0.497 e. The van der Waals surface area contributed by atoms with E-state index in [1.54, 1.807) is 31.4 Å². The quantitative estimate of drug-likeness (QED) is 0.844. The van der Waals surface area contributed by atoms with Crippen LogP contribution in [0.2, 0.25) is 0 Å². The molecule has 0 atom stereocenters. The molecule has 1 aromatic carbocycles. The molecule has 0 bridgehead atoms. The molecule has 0 unspecified atom stereocenters. The van der Waals surface area contributed by atoms with Crippen molar-refractivity contribution in [2.24, 2.45) is 0 Å². The summed E-state index contributed by atoms with van der Waals surface area (Å²) in [5, 5.41) is 3.69. The van der Waals surface area contributed by atoms with E-state index in [2.05, 4.69) is 5.10 Å². The van der Waals surface area contributed by atoms with Crippen LogP contribution < -0.4 is 4.74 Å². The third-order valence-electron chi connectivity index (χ3n) is 2.46.